The third kappa shape index (κ3) is 3.20. The second kappa shape index (κ2) is 7.40. The lowest BCUT2D eigenvalue weighted by Gasteiger charge is -2.38. The molecule has 0 bridgehead atoms. The molecule has 0 atom stereocenters. The summed E-state index contributed by atoms with van der Waals surface area (Å²) in [5.74, 6) is 1.10. The summed E-state index contributed by atoms with van der Waals surface area (Å²) in [6, 6.07) is 6.15. The minimum absolute atomic E-state index is 0.0327. The van der Waals surface area contributed by atoms with Crippen molar-refractivity contribution in [1.82, 2.24) is 9.38 Å². The Bertz CT molecular complexity index is 1010. The van der Waals surface area contributed by atoms with E-state index in [1.807, 2.05) is 12.1 Å². The maximum Gasteiger partial charge on any atom is 0.372 e. The van der Waals surface area contributed by atoms with E-state index in [1.165, 1.54) is 15.7 Å². The Balaban J connectivity index is 1.71. The summed E-state index contributed by atoms with van der Waals surface area (Å²) in [6.07, 6.45) is 3.27. The monoisotopic (exact) mass is 402 g/mol. The van der Waals surface area contributed by atoms with Gasteiger partial charge in [-0.25, -0.2) is 0 Å². The fraction of sp³-hybridized carbons (Fsp3) is 0.421. The molecule has 0 amide bonds. The summed E-state index contributed by atoms with van der Waals surface area (Å²) in [7, 11) is 1.67. The van der Waals surface area contributed by atoms with E-state index < -0.39 is 0 Å². The van der Waals surface area contributed by atoms with Gasteiger partial charge in [0.05, 0.1) is 7.11 Å². The summed E-state index contributed by atoms with van der Waals surface area (Å²) in [4.78, 5) is 16.3. The molecule has 2 aromatic heterocycles. The van der Waals surface area contributed by atoms with Crippen LogP contribution in [0.5, 0.6) is 5.75 Å². The van der Waals surface area contributed by atoms with E-state index in [0.29, 0.717) is 30.5 Å². The number of hydrogen-bond acceptors (Lipinski definition) is 7. The predicted octanol–water partition coefficient (Wildman–Crippen LogP) is 3.78. The van der Waals surface area contributed by atoms with Gasteiger partial charge in [0, 0.05) is 36.1 Å². The average molecular weight is 402 g/mol. The highest BCUT2D eigenvalue weighted by atomic mass is 32.1. The number of nitrogens with one attached hydrogen (secondary N) is 1. The highest BCUT2D eigenvalue weighted by Crippen LogP contribution is 2.41. The third-order valence-corrected chi connectivity index (χ3v) is 6.14. The molecule has 1 N–H and O–H groups in total. The van der Waals surface area contributed by atoms with Gasteiger partial charge in [-0.3, -0.25) is 0 Å². The zero-order valence-electron chi connectivity index (χ0n) is 15.8. The van der Waals surface area contributed by atoms with Crippen LogP contribution in [0.1, 0.15) is 24.0 Å². The van der Waals surface area contributed by atoms with Crippen LogP contribution in [0.4, 0.5) is 11.6 Å². The molecule has 9 heteroatoms. The predicted molar refractivity (Wildman–Crippen MR) is 108 cm³/mol. The molecule has 28 heavy (non-hydrogen) atoms. The van der Waals surface area contributed by atoms with E-state index in [-0.39, 0.29) is 16.2 Å². The van der Waals surface area contributed by atoms with Gasteiger partial charge in [-0.15, -0.1) is 0 Å². The van der Waals surface area contributed by atoms with E-state index in [9.17, 15) is 10.1 Å². The van der Waals surface area contributed by atoms with Crippen molar-refractivity contribution >= 4 is 27.9 Å². The summed E-state index contributed by atoms with van der Waals surface area (Å²) >= 11 is 1.37. The second-order valence-corrected chi connectivity index (χ2v) is 7.92. The first-order valence-corrected chi connectivity index (χ1v) is 9.99. The Labute approximate surface area is 166 Å². The number of methoxy groups -OCH3 is 1. The number of anilines is 1. The molecule has 8 nitrogen and oxygen atoms in total. The number of nitro groups is 1. The van der Waals surface area contributed by atoms with Gasteiger partial charge in [0.25, 0.3) is 4.96 Å². The number of benzene rings is 1. The van der Waals surface area contributed by atoms with Crippen molar-refractivity contribution < 1.29 is 14.4 Å². The van der Waals surface area contributed by atoms with Gasteiger partial charge in [0.15, 0.2) is 0 Å². The Morgan fingerprint density at radius 1 is 1.43 bits per heavy atom. The van der Waals surface area contributed by atoms with Gasteiger partial charge in [-0.1, -0.05) is 29.0 Å². The van der Waals surface area contributed by atoms with Crippen molar-refractivity contribution in [2.75, 3.05) is 32.2 Å². The first-order chi connectivity index (χ1) is 13.5. The highest BCUT2D eigenvalue weighted by Gasteiger charge is 2.38. The second-order valence-electron chi connectivity index (χ2n) is 7.05. The molecule has 1 saturated heterocycles. The van der Waals surface area contributed by atoms with Crippen LogP contribution in [-0.2, 0) is 10.2 Å². The van der Waals surface area contributed by atoms with Gasteiger partial charge in [0.1, 0.15) is 11.9 Å². The SMILES string of the molecule is COc1ccc(C)cc1C1(CNc2nc3sccn3c2[N+](=O)[O-])CCOCC1. The zero-order valence-corrected chi connectivity index (χ0v) is 16.6. The Hall–Kier alpha value is -2.65. The lowest BCUT2D eigenvalue weighted by Crippen LogP contribution is -2.40. The Morgan fingerprint density at radius 3 is 2.93 bits per heavy atom. The molecule has 0 aliphatic carbocycles. The fourth-order valence-corrected chi connectivity index (χ4v) is 4.57. The zero-order chi connectivity index (χ0) is 19.7. The Morgan fingerprint density at radius 2 is 2.21 bits per heavy atom. The first kappa shape index (κ1) is 18.7. The molecule has 1 fully saturated rings. The number of thiazole rings is 1. The summed E-state index contributed by atoms with van der Waals surface area (Å²) in [5.41, 5.74) is 2.00. The quantitative estimate of drug-likeness (QED) is 0.498. The van der Waals surface area contributed by atoms with Gasteiger partial charge >= 0.3 is 5.82 Å². The van der Waals surface area contributed by atoms with Gasteiger partial charge in [0.2, 0.25) is 5.82 Å². The van der Waals surface area contributed by atoms with Crippen LogP contribution in [0.25, 0.3) is 4.96 Å². The molecule has 4 rings (SSSR count). The fourth-order valence-electron chi connectivity index (χ4n) is 3.86. The number of hydrogen-bond donors (Lipinski definition) is 1. The van der Waals surface area contributed by atoms with Crippen molar-refractivity contribution in [3.05, 3.63) is 51.0 Å². The third-order valence-electron chi connectivity index (χ3n) is 5.38. The summed E-state index contributed by atoms with van der Waals surface area (Å²) in [6.45, 7) is 3.85. The summed E-state index contributed by atoms with van der Waals surface area (Å²) in [5, 5.41) is 16.7. The maximum atomic E-state index is 11.6. The molecule has 148 valence electrons. The summed E-state index contributed by atoms with van der Waals surface area (Å²) < 4.78 is 12.7. The van der Waals surface area contributed by atoms with Crippen molar-refractivity contribution in [2.24, 2.45) is 0 Å². The van der Waals surface area contributed by atoms with Crippen LogP contribution < -0.4 is 10.1 Å². The molecule has 3 heterocycles. The van der Waals surface area contributed by atoms with E-state index in [1.54, 1.807) is 18.7 Å². The molecular formula is C19H22N4O4S. The maximum absolute atomic E-state index is 11.6. The molecular weight excluding hydrogens is 380 g/mol. The van der Waals surface area contributed by atoms with Gasteiger partial charge < -0.3 is 24.9 Å². The number of imidazole rings is 1. The normalized spacial score (nSPS) is 16.2. The topological polar surface area (TPSA) is 90.9 Å². The number of nitrogens with zero attached hydrogens (tertiary/aromatic N) is 3. The molecule has 0 saturated carbocycles. The molecule has 3 aromatic rings. The molecule has 1 aliphatic heterocycles. The highest BCUT2D eigenvalue weighted by molar-refractivity contribution is 7.15. The number of aromatic nitrogens is 2. The van der Waals surface area contributed by atoms with Crippen LogP contribution >= 0.6 is 11.3 Å². The molecule has 0 radical (unpaired) electrons. The van der Waals surface area contributed by atoms with E-state index >= 15 is 0 Å². The number of aryl methyl sites for hydroxylation is 1. The Kier molecular flexibility index (Phi) is 4.94. The molecule has 0 spiro atoms. The van der Waals surface area contributed by atoms with E-state index in [0.717, 1.165) is 29.7 Å². The van der Waals surface area contributed by atoms with Crippen LogP contribution in [0, 0.1) is 17.0 Å². The lowest BCUT2D eigenvalue weighted by molar-refractivity contribution is -0.389. The van der Waals surface area contributed by atoms with Crippen LogP contribution in [0.15, 0.2) is 29.8 Å². The van der Waals surface area contributed by atoms with Gasteiger partial charge in [-0.2, -0.15) is 9.38 Å². The minimum Gasteiger partial charge on any atom is -0.496 e. The minimum atomic E-state index is -0.390. The van der Waals surface area contributed by atoms with Crippen LogP contribution in [0.2, 0.25) is 0 Å². The van der Waals surface area contributed by atoms with E-state index in [2.05, 4.69) is 23.3 Å². The van der Waals surface area contributed by atoms with E-state index in [4.69, 9.17) is 9.47 Å². The van der Waals surface area contributed by atoms with Crippen LogP contribution in [-0.4, -0.2) is 41.2 Å². The van der Waals surface area contributed by atoms with Crippen molar-refractivity contribution in [3.8, 4) is 5.75 Å². The largest absolute Gasteiger partial charge is 0.496 e. The molecule has 1 aromatic carbocycles. The van der Waals surface area contributed by atoms with Crippen molar-refractivity contribution in [2.45, 2.75) is 25.2 Å². The first-order valence-electron chi connectivity index (χ1n) is 9.11. The standard InChI is InChI=1S/C19H22N4O4S/c1-13-3-4-15(26-2)14(11-13)19(5-8-27-9-6-19)12-20-16-17(23(24)25)22-7-10-28-18(22)21-16/h3-4,7,10-11,20H,5-6,8-9,12H2,1-2H3. The van der Waals surface area contributed by atoms with Crippen molar-refractivity contribution in [1.29, 1.82) is 0 Å². The molecule has 1 aliphatic rings. The average Bonchev–Trinajstić information content (AvgIpc) is 3.27. The number of rotatable bonds is 6. The van der Waals surface area contributed by atoms with Crippen molar-refractivity contribution in [3.63, 3.8) is 0 Å². The van der Waals surface area contributed by atoms with Gasteiger partial charge in [-0.05, 0) is 30.8 Å². The number of ether oxygens (including phenoxy) is 2. The van der Waals surface area contributed by atoms with Crippen LogP contribution in [0.3, 0.4) is 0 Å². The lowest BCUT2D eigenvalue weighted by atomic mass is 9.73. The number of fused-ring (bicyclic) bond motifs is 1. The molecule has 0 unspecified atom stereocenters. The smallest absolute Gasteiger partial charge is 0.372 e.